The van der Waals surface area contributed by atoms with Gasteiger partial charge in [-0.1, -0.05) is 24.3 Å². The van der Waals surface area contributed by atoms with Gasteiger partial charge in [-0.05, 0) is 26.0 Å². The summed E-state index contributed by atoms with van der Waals surface area (Å²) < 4.78 is 18.2. The number of ether oxygens (including phenoxy) is 1. The Morgan fingerprint density at radius 2 is 2.00 bits per heavy atom. The first kappa shape index (κ1) is 15.9. The lowest BCUT2D eigenvalue weighted by Crippen LogP contribution is -2.35. The van der Waals surface area contributed by atoms with Crippen LogP contribution in [0.25, 0.3) is 0 Å². The molecule has 0 radical (unpaired) electrons. The zero-order chi connectivity index (χ0) is 15.1. The number of esters is 1. The van der Waals surface area contributed by atoms with Crippen LogP contribution in [-0.4, -0.2) is 36.5 Å². The van der Waals surface area contributed by atoms with E-state index in [1.807, 2.05) is 6.92 Å². The topological polar surface area (TPSA) is 46.6 Å². The van der Waals surface area contributed by atoms with Gasteiger partial charge in [-0.2, -0.15) is 0 Å². The molecule has 4 nitrogen and oxygen atoms in total. The zero-order valence-electron chi connectivity index (χ0n) is 11.7. The van der Waals surface area contributed by atoms with Crippen molar-refractivity contribution in [1.29, 1.82) is 0 Å². The van der Waals surface area contributed by atoms with Gasteiger partial charge >= 0.3 is 5.97 Å². The van der Waals surface area contributed by atoms with Crippen LogP contribution >= 0.6 is 0 Å². The van der Waals surface area contributed by atoms with Crippen LogP contribution in [0.3, 0.4) is 0 Å². The Labute approximate surface area is 117 Å². The molecule has 1 amide bonds. The summed E-state index contributed by atoms with van der Waals surface area (Å²) >= 11 is 0. The van der Waals surface area contributed by atoms with Crippen molar-refractivity contribution in [3.05, 3.63) is 47.8 Å². The first-order chi connectivity index (χ1) is 9.45. The van der Waals surface area contributed by atoms with Crippen molar-refractivity contribution >= 4 is 11.9 Å². The Bertz CT molecular complexity index is 514. The molecular weight excluding hydrogens is 261 g/mol. The molecule has 0 aliphatic heterocycles. The molecule has 0 unspecified atom stereocenters. The molecule has 0 aliphatic carbocycles. The first-order valence-electron chi connectivity index (χ1n) is 6.29. The van der Waals surface area contributed by atoms with E-state index in [4.69, 9.17) is 4.74 Å². The maximum Gasteiger partial charge on any atom is 0.341 e. The third-order valence-electron chi connectivity index (χ3n) is 2.62. The van der Waals surface area contributed by atoms with Crippen LogP contribution < -0.4 is 0 Å². The molecular formula is C15H18FNO3. The number of carbonyl (C=O) groups excluding carboxylic acids is 2. The smallest absolute Gasteiger partial charge is 0.341 e. The number of hydrogen-bond donors (Lipinski definition) is 0. The van der Waals surface area contributed by atoms with E-state index >= 15 is 0 Å². The molecule has 0 saturated carbocycles. The summed E-state index contributed by atoms with van der Waals surface area (Å²) in [6, 6.07) is 5.48. The second-order valence-electron chi connectivity index (χ2n) is 4.42. The molecule has 0 spiro atoms. The molecule has 108 valence electrons. The summed E-state index contributed by atoms with van der Waals surface area (Å²) in [5.41, 5.74) is 0.656. The van der Waals surface area contributed by atoms with Crippen LogP contribution in [0.1, 0.15) is 24.2 Å². The minimum atomic E-state index is -0.845. The Morgan fingerprint density at radius 1 is 1.35 bits per heavy atom. The van der Waals surface area contributed by atoms with E-state index in [9.17, 15) is 14.0 Å². The minimum Gasteiger partial charge on any atom is -0.452 e. The molecule has 20 heavy (non-hydrogen) atoms. The highest BCUT2D eigenvalue weighted by Crippen LogP contribution is 2.08. The molecule has 1 aromatic carbocycles. The number of hydrogen-bond acceptors (Lipinski definition) is 3. The summed E-state index contributed by atoms with van der Waals surface area (Å²) in [6.07, 6.45) is 0. The molecule has 1 aromatic rings. The highest BCUT2D eigenvalue weighted by atomic mass is 19.1. The van der Waals surface area contributed by atoms with Gasteiger partial charge in [-0.25, -0.2) is 9.18 Å². The lowest BCUT2D eigenvalue weighted by atomic mass is 10.2. The van der Waals surface area contributed by atoms with Crippen molar-refractivity contribution in [2.45, 2.75) is 13.8 Å². The fraction of sp³-hybridized carbons (Fsp3) is 0.333. The van der Waals surface area contributed by atoms with Gasteiger partial charge in [0.2, 0.25) is 0 Å². The largest absolute Gasteiger partial charge is 0.452 e. The van der Waals surface area contributed by atoms with Crippen molar-refractivity contribution in [3.63, 3.8) is 0 Å². The fourth-order valence-corrected chi connectivity index (χ4v) is 1.63. The third kappa shape index (κ3) is 4.50. The van der Waals surface area contributed by atoms with Crippen LogP contribution in [0, 0.1) is 5.82 Å². The van der Waals surface area contributed by atoms with Gasteiger partial charge in [0.25, 0.3) is 5.91 Å². The monoisotopic (exact) mass is 279 g/mol. The normalized spacial score (nSPS) is 9.95. The average molecular weight is 279 g/mol. The summed E-state index contributed by atoms with van der Waals surface area (Å²) in [7, 11) is 0. The van der Waals surface area contributed by atoms with Crippen LogP contribution in [0.4, 0.5) is 4.39 Å². The second-order valence-corrected chi connectivity index (χ2v) is 4.42. The van der Waals surface area contributed by atoms with Crippen molar-refractivity contribution in [1.82, 2.24) is 4.90 Å². The van der Waals surface area contributed by atoms with Gasteiger partial charge in [0.1, 0.15) is 5.82 Å². The number of amides is 1. The van der Waals surface area contributed by atoms with E-state index in [0.29, 0.717) is 13.1 Å². The predicted molar refractivity (Wildman–Crippen MR) is 73.8 cm³/mol. The summed E-state index contributed by atoms with van der Waals surface area (Å²) in [4.78, 5) is 25.0. The summed E-state index contributed by atoms with van der Waals surface area (Å²) in [5, 5.41) is 0. The molecule has 0 fully saturated rings. The number of likely N-dealkylation sites (N-methyl/N-ethyl adjacent to an activating group) is 1. The maximum atomic E-state index is 13.4. The standard InChI is InChI=1S/C15H18FNO3/c1-4-17(9-11(2)3)14(18)10-20-15(19)12-7-5-6-8-13(12)16/h5-8H,2,4,9-10H2,1,3H3. The maximum absolute atomic E-state index is 13.4. The van der Waals surface area contributed by atoms with Crippen molar-refractivity contribution in [2.24, 2.45) is 0 Å². The molecule has 0 heterocycles. The second kappa shape index (κ2) is 7.43. The van der Waals surface area contributed by atoms with Crippen LogP contribution in [-0.2, 0) is 9.53 Å². The number of benzene rings is 1. The Kier molecular flexibility index (Phi) is 5.90. The minimum absolute atomic E-state index is 0.178. The molecule has 0 aromatic heterocycles. The summed E-state index contributed by atoms with van der Waals surface area (Å²) in [5.74, 6) is -1.85. The molecule has 5 heteroatoms. The number of halogens is 1. The van der Waals surface area contributed by atoms with E-state index in [2.05, 4.69) is 6.58 Å². The number of carbonyl (C=O) groups is 2. The third-order valence-corrected chi connectivity index (χ3v) is 2.62. The van der Waals surface area contributed by atoms with E-state index in [1.165, 1.54) is 23.1 Å². The lowest BCUT2D eigenvalue weighted by Gasteiger charge is -2.20. The molecule has 0 saturated heterocycles. The first-order valence-corrected chi connectivity index (χ1v) is 6.29. The fourth-order valence-electron chi connectivity index (χ4n) is 1.63. The Balaban J connectivity index is 2.58. The van der Waals surface area contributed by atoms with Gasteiger partial charge in [0, 0.05) is 13.1 Å². The quantitative estimate of drug-likeness (QED) is 0.593. The Morgan fingerprint density at radius 3 is 2.55 bits per heavy atom. The average Bonchev–Trinajstić information content (AvgIpc) is 2.42. The molecule has 0 aliphatic rings. The number of nitrogens with zero attached hydrogens (tertiary/aromatic N) is 1. The predicted octanol–water partition coefficient (Wildman–Crippen LogP) is 2.41. The van der Waals surface area contributed by atoms with Crippen molar-refractivity contribution in [2.75, 3.05) is 19.7 Å². The lowest BCUT2D eigenvalue weighted by molar-refractivity contribution is -0.133. The van der Waals surface area contributed by atoms with E-state index in [-0.39, 0.29) is 11.5 Å². The van der Waals surface area contributed by atoms with Gasteiger partial charge in [-0.15, -0.1) is 0 Å². The van der Waals surface area contributed by atoms with Gasteiger partial charge < -0.3 is 9.64 Å². The van der Waals surface area contributed by atoms with Gasteiger partial charge in [0.15, 0.2) is 6.61 Å². The van der Waals surface area contributed by atoms with Crippen molar-refractivity contribution in [3.8, 4) is 0 Å². The summed E-state index contributed by atoms with van der Waals surface area (Å²) in [6.45, 7) is 7.84. The SMILES string of the molecule is C=C(C)CN(CC)C(=O)COC(=O)c1ccccc1F. The van der Waals surface area contributed by atoms with Crippen LogP contribution in [0.2, 0.25) is 0 Å². The molecule has 0 bridgehead atoms. The van der Waals surface area contributed by atoms with E-state index in [1.54, 1.807) is 6.92 Å². The number of rotatable bonds is 6. The van der Waals surface area contributed by atoms with Gasteiger partial charge in [-0.3, -0.25) is 4.79 Å². The van der Waals surface area contributed by atoms with Gasteiger partial charge in [0.05, 0.1) is 5.56 Å². The van der Waals surface area contributed by atoms with E-state index < -0.39 is 18.4 Å². The van der Waals surface area contributed by atoms with Crippen LogP contribution in [0.5, 0.6) is 0 Å². The highest BCUT2D eigenvalue weighted by Gasteiger charge is 2.17. The molecule has 1 rings (SSSR count). The van der Waals surface area contributed by atoms with E-state index in [0.717, 1.165) is 11.6 Å². The zero-order valence-corrected chi connectivity index (χ0v) is 11.7. The Hall–Kier alpha value is -2.17. The highest BCUT2D eigenvalue weighted by molar-refractivity contribution is 5.91. The molecule has 0 N–H and O–H groups in total. The van der Waals surface area contributed by atoms with Crippen LogP contribution in [0.15, 0.2) is 36.4 Å². The molecule has 0 atom stereocenters. The van der Waals surface area contributed by atoms with Crippen molar-refractivity contribution < 1.29 is 18.7 Å².